The first-order chi connectivity index (χ1) is 19.9. The number of aliphatic hydroxyl groups is 1. The summed E-state index contributed by atoms with van der Waals surface area (Å²) in [5, 5.41) is 20.1. The SMILES string of the molecule is CC(C)[C@H](NC(=O)N[C@H](C(=O)N1C[C@H]2[C@@H]([C@H]1C(O)NC(CC1CC1)C(=O)C(N)=O)C2(C)C)C(C)(C)C)C(=O)N1CCCC1. The van der Waals surface area contributed by atoms with Gasteiger partial charge in [-0.05, 0) is 53.8 Å². The number of ketones is 1. The van der Waals surface area contributed by atoms with Crippen LogP contribution < -0.4 is 21.7 Å². The molecule has 0 radical (unpaired) electrons. The molecule has 0 spiro atoms. The Morgan fingerprint density at radius 3 is 2.12 bits per heavy atom. The Kier molecular flexibility index (Phi) is 9.52. The highest BCUT2D eigenvalue weighted by atomic mass is 16.3. The zero-order valence-corrected chi connectivity index (χ0v) is 26.8. The van der Waals surface area contributed by atoms with Gasteiger partial charge in [-0.1, -0.05) is 61.3 Å². The fraction of sp³-hybridized carbons (Fsp3) is 0.839. The van der Waals surface area contributed by atoms with Crippen LogP contribution in [0.2, 0.25) is 0 Å². The molecule has 2 saturated carbocycles. The van der Waals surface area contributed by atoms with E-state index in [1.807, 2.05) is 34.6 Å². The molecule has 0 bridgehead atoms. The Morgan fingerprint density at radius 1 is 1.00 bits per heavy atom. The summed E-state index contributed by atoms with van der Waals surface area (Å²) in [6, 6.07) is -3.87. The van der Waals surface area contributed by atoms with Crippen LogP contribution in [0.15, 0.2) is 0 Å². The number of aliphatic hydroxyl groups excluding tert-OH is 1. The van der Waals surface area contributed by atoms with Crippen molar-refractivity contribution in [2.24, 2.45) is 40.2 Å². The molecule has 7 atom stereocenters. The second-order valence-electron chi connectivity index (χ2n) is 15.2. The molecule has 43 heavy (non-hydrogen) atoms. The summed E-state index contributed by atoms with van der Waals surface area (Å²) in [5.41, 5.74) is 4.50. The number of rotatable bonds is 12. The van der Waals surface area contributed by atoms with Crippen molar-refractivity contribution in [2.45, 2.75) is 111 Å². The van der Waals surface area contributed by atoms with Crippen LogP contribution in [-0.2, 0) is 19.2 Å². The number of urea groups is 1. The molecule has 12 nitrogen and oxygen atoms in total. The van der Waals surface area contributed by atoms with Crippen LogP contribution in [0.1, 0.15) is 80.6 Å². The number of nitrogens with one attached hydrogen (secondary N) is 3. The van der Waals surface area contributed by atoms with Gasteiger partial charge < -0.3 is 31.3 Å². The van der Waals surface area contributed by atoms with Crippen molar-refractivity contribution in [2.75, 3.05) is 19.6 Å². The van der Waals surface area contributed by atoms with Crippen LogP contribution in [0.4, 0.5) is 4.79 Å². The summed E-state index contributed by atoms with van der Waals surface area (Å²) in [7, 11) is 0. The average Bonchev–Trinajstić information content (AvgIpc) is 3.60. The van der Waals surface area contributed by atoms with Crippen LogP contribution in [-0.4, -0.2) is 94.5 Å². The third kappa shape index (κ3) is 7.16. The highest BCUT2D eigenvalue weighted by Crippen LogP contribution is 2.65. The standard InChI is InChI=1S/C31H52N6O6/c1-16(2)21(27(41)36-12-8-9-13-36)34-29(43)35-24(30(3,4)5)28(42)37-15-18-20(31(18,6)7)22(37)26(40)33-19(14-17-10-11-17)23(38)25(32)39/h16-22,24,26,33,40H,8-15H2,1-7H3,(H2,32,39)(H2,34,35,43)/t18-,19?,20-,21-,22-,24+,26?/m0/s1. The van der Waals surface area contributed by atoms with E-state index in [4.69, 9.17) is 5.73 Å². The lowest BCUT2D eigenvalue weighted by Gasteiger charge is -2.40. The minimum absolute atomic E-state index is 0.0259. The van der Waals surface area contributed by atoms with Gasteiger partial charge in [0, 0.05) is 19.6 Å². The number of hydrogen-bond donors (Lipinski definition) is 5. The largest absolute Gasteiger partial charge is 0.376 e. The number of piperidine rings is 1. The normalized spacial score (nSPS) is 27.2. The number of carbonyl (C=O) groups is 5. The number of nitrogens with two attached hydrogens (primary N) is 1. The summed E-state index contributed by atoms with van der Waals surface area (Å²) in [6.45, 7) is 15.2. The number of Topliss-reactive ketones (excluding diaryl/α,β-unsaturated/α-hetero) is 1. The fourth-order valence-electron chi connectivity index (χ4n) is 7.13. The van der Waals surface area contributed by atoms with Crippen LogP contribution >= 0.6 is 0 Å². The Bertz CT molecular complexity index is 1110. The predicted molar refractivity (Wildman–Crippen MR) is 160 cm³/mol. The zero-order valence-electron chi connectivity index (χ0n) is 26.8. The van der Waals surface area contributed by atoms with Crippen LogP contribution in [0.3, 0.4) is 0 Å². The van der Waals surface area contributed by atoms with E-state index in [1.54, 1.807) is 9.80 Å². The van der Waals surface area contributed by atoms with Crippen molar-refractivity contribution < 1.29 is 29.1 Å². The number of hydrogen-bond acceptors (Lipinski definition) is 7. The lowest BCUT2D eigenvalue weighted by atomic mass is 9.85. The third-order valence-corrected chi connectivity index (χ3v) is 10.1. The summed E-state index contributed by atoms with van der Waals surface area (Å²) < 4.78 is 0. The molecular weight excluding hydrogens is 552 g/mol. The van der Waals surface area contributed by atoms with E-state index in [0.29, 0.717) is 32.0 Å². The molecule has 0 aromatic carbocycles. The minimum atomic E-state index is -1.27. The molecular formula is C31H52N6O6. The number of nitrogens with zero attached hydrogens (tertiary/aromatic N) is 2. The maximum absolute atomic E-state index is 14.2. The van der Waals surface area contributed by atoms with Crippen molar-refractivity contribution in [1.29, 1.82) is 0 Å². The number of likely N-dealkylation sites (tertiary alicyclic amines) is 2. The van der Waals surface area contributed by atoms with E-state index in [-0.39, 0.29) is 35.0 Å². The third-order valence-electron chi connectivity index (χ3n) is 10.1. The first-order valence-electron chi connectivity index (χ1n) is 15.9. The molecule has 2 aliphatic heterocycles. The van der Waals surface area contributed by atoms with Crippen LogP contribution in [0.5, 0.6) is 0 Å². The van der Waals surface area contributed by atoms with Gasteiger partial charge in [0.1, 0.15) is 18.3 Å². The van der Waals surface area contributed by atoms with Crippen LogP contribution in [0, 0.1) is 34.5 Å². The first-order valence-corrected chi connectivity index (χ1v) is 15.9. The van der Waals surface area contributed by atoms with Gasteiger partial charge in [0.05, 0.1) is 12.1 Å². The fourth-order valence-corrected chi connectivity index (χ4v) is 7.13. The molecule has 12 heteroatoms. The average molecular weight is 605 g/mol. The summed E-state index contributed by atoms with van der Waals surface area (Å²) in [6.07, 6.45) is 2.92. The highest BCUT2D eigenvalue weighted by molar-refractivity contribution is 6.37. The van der Waals surface area contributed by atoms with Gasteiger partial charge in [0.2, 0.25) is 17.6 Å². The van der Waals surface area contributed by atoms with Gasteiger partial charge in [-0.3, -0.25) is 24.5 Å². The van der Waals surface area contributed by atoms with Crippen molar-refractivity contribution in [1.82, 2.24) is 25.8 Å². The second kappa shape index (κ2) is 12.3. The van der Waals surface area contributed by atoms with E-state index >= 15 is 0 Å². The van der Waals surface area contributed by atoms with Gasteiger partial charge >= 0.3 is 6.03 Å². The number of fused-ring (bicyclic) bond motifs is 1. The predicted octanol–water partition coefficient (Wildman–Crippen LogP) is 0.961. The van der Waals surface area contributed by atoms with E-state index < -0.39 is 53.5 Å². The van der Waals surface area contributed by atoms with Gasteiger partial charge in [0.15, 0.2) is 0 Å². The number of amides is 5. The van der Waals surface area contributed by atoms with Gasteiger partial charge in [-0.25, -0.2) is 4.79 Å². The maximum Gasteiger partial charge on any atom is 0.316 e. The summed E-state index contributed by atoms with van der Waals surface area (Å²) in [4.78, 5) is 68.4. The molecule has 5 amide bonds. The Morgan fingerprint density at radius 2 is 1.60 bits per heavy atom. The number of primary amides is 1. The Labute approximate surface area is 255 Å². The van der Waals surface area contributed by atoms with E-state index in [2.05, 4.69) is 29.8 Å². The topological polar surface area (TPSA) is 174 Å². The van der Waals surface area contributed by atoms with E-state index in [9.17, 15) is 29.1 Å². The maximum atomic E-state index is 14.2. The van der Waals surface area contributed by atoms with E-state index in [0.717, 1.165) is 25.7 Å². The summed E-state index contributed by atoms with van der Waals surface area (Å²) >= 11 is 0. The Balaban J connectivity index is 1.51. The molecule has 4 rings (SSSR count). The molecule has 0 aromatic heterocycles. The quantitative estimate of drug-likeness (QED) is 0.163. The number of carbonyl (C=O) groups excluding carboxylic acids is 5. The van der Waals surface area contributed by atoms with Gasteiger partial charge in [0.25, 0.3) is 5.91 Å². The van der Waals surface area contributed by atoms with Gasteiger partial charge in [-0.15, -0.1) is 0 Å². The molecule has 6 N–H and O–H groups in total. The summed E-state index contributed by atoms with van der Waals surface area (Å²) in [5.74, 6) is -2.03. The monoisotopic (exact) mass is 604 g/mol. The van der Waals surface area contributed by atoms with Crippen molar-refractivity contribution in [3.63, 3.8) is 0 Å². The molecule has 2 aliphatic carbocycles. The van der Waals surface area contributed by atoms with Crippen LogP contribution in [0.25, 0.3) is 0 Å². The molecule has 2 saturated heterocycles. The van der Waals surface area contributed by atoms with Crippen molar-refractivity contribution >= 4 is 29.5 Å². The van der Waals surface area contributed by atoms with Gasteiger partial charge in [-0.2, -0.15) is 0 Å². The Hall–Kier alpha value is -2.73. The molecule has 0 aromatic rings. The zero-order chi connectivity index (χ0) is 32.0. The molecule has 2 heterocycles. The smallest absolute Gasteiger partial charge is 0.316 e. The lowest BCUT2D eigenvalue weighted by molar-refractivity contribution is -0.142. The minimum Gasteiger partial charge on any atom is -0.376 e. The van der Waals surface area contributed by atoms with Crippen molar-refractivity contribution in [3.05, 3.63) is 0 Å². The second-order valence-corrected chi connectivity index (χ2v) is 15.2. The molecule has 242 valence electrons. The first kappa shape index (κ1) is 33.2. The lowest BCUT2D eigenvalue weighted by Crippen LogP contribution is -2.63. The molecule has 4 fully saturated rings. The molecule has 2 unspecified atom stereocenters. The molecule has 4 aliphatic rings. The highest BCUT2D eigenvalue weighted by Gasteiger charge is 2.69. The van der Waals surface area contributed by atoms with E-state index in [1.165, 1.54) is 0 Å². The van der Waals surface area contributed by atoms with Crippen molar-refractivity contribution in [3.8, 4) is 0 Å².